The normalized spacial score (nSPS) is 17.5. The van der Waals surface area contributed by atoms with Gasteiger partial charge in [0.15, 0.2) is 6.29 Å². The zero-order valence-electron chi connectivity index (χ0n) is 18.7. The highest BCUT2D eigenvalue weighted by Gasteiger charge is 2.44. The molecule has 2 nitrogen and oxygen atoms in total. The Hall–Kier alpha value is -2.25. The second kappa shape index (κ2) is 9.49. The Morgan fingerprint density at radius 3 is 1.55 bits per heavy atom. The second-order valence-electron chi connectivity index (χ2n) is 9.07. The van der Waals surface area contributed by atoms with Gasteiger partial charge in [0.25, 0.3) is 0 Å². The summed E-state index contributed by atoms with van der Waals surface area (Å²) in [6, 6.07) is 32.9. The first kappa shape index (κ1) is 22.0. The Bertz CT molecular complexity index is 890. The van der Waals surface area contributed by atoms with Crippen molar-refractivity contribution in [2.45, 2.75) is 27.1 Å². The van der Waals surface area contributed by atoms with Gasteiger partial charge in [-0.05, 0) is 55.0 Å². The first-order valence-corrected chi connectivity index (χ1v) is 12.9. The smallest absolute Gasteiger partial charge is 0.179 e. The molecule has 3 aromatic rings. The number of hydrogen-bond donors (Lipinski definition) is 0. The van der Waals surface area contributed by atoms with Crippen molar-refractivity contribution >= 4 is 23.2 Å². The lowest BCUT2D eigenvalue weighted by Crippen LogP contribution is -2.38. The van der Waals surface area contributed by atoms with E-state index in [0.717, 1.165) is 24.9 Å². The molecule has 1 aliphatic heterocycles. The number of hydrogen-bond acceptors (Lipinski definition) is 2. The molecule has 0 aliphatic carbocycles. The van der Waals surface area contributed by atoms with E-state index >= 15 is 0 Å². The molecular weight excluding hydrogens is 399 g/mol. The van der Waals surface area contributed by atoms with Crippen molar-refractivity contribution in [2.75, 3.05) is 19.4 Å². The van der Waals surface area contributed by atoms with Crippen LogP contribution in [0.4, 0.5) is 0 Å². The van der Waals surface area contributed by atoms with Gasteiger partial charge in [-0.25, -0.2) is 0 Å². The third kappa shape index (κ3) is 4.83. The summed E-state index contributed by atoms with van der Waals surface area (Å²) in [5, 5.41) is 4.18. The first-order valence-electron chi connectivity index (χ1n) is 11.0. The first-order chi connectivity index (χ1) is 15.0. The van der Waals surface area contributed by atoms with Gasteiger partial charge in [0.2, 0.25) is 0 Å². The Balaban J connectivity index is 1.77. The third-order valence-corrected chi connectivity index (χ3v) is 10.2. The lowest BCUT2D eigenvalue weighted by atomic mass is 9.95. The fourth-order valence-corrected chi connectivity index (χ4v) is 8.28. The monoisotopic (exact) mass is 431 g/mol. The maximum absolute atomic E-state index is 6.06. The van der Waals surface area contributed by atoms with Gasteiger partial charge < -0.3 is 9.47 Å². The second-order valence-corrected chi connectivity index (χ2v) is 12.6. The van der Waals surface area contributed by atoms with E-state index in [1.165, 1.54) is 15.9 Å². The standard InChI is InChI=1S/C28H32O2P/c1-23(27-29-21-28(2,3)22-30-27)19-20-31(24-13-7-4-8-14-24,25-15-9-5-10-16-25)26-17-11-6-12-18-26/h4-19,27H,20-22H2,1-3H3/q+1/b23-19-. The molecule has 0 bridgehead atoms. The lowest BCUT2D eigenvalue weighted by molar-refractivity contribution is -0.202. The Morgan fingerprint density at radius 1 is 0.774 bits per heavy atom. The van der Waals surface area contributed by atoms with Crippen molar-refractivity contribution in [3.8, 4) is 0 Å². The van der Waals surface area contributed by atoms with Crippen LogP contribution in [0.1, 0.15) is 20.8 Å². The highest BCUT2D eigenvalue weighted by Crippen LogP contribution is 2.55. The van der Waals surface area contributed by atoms with Crippen LogP contribution >= 0.6 is 7.26 Å². The van der Waals surface area contributed by atoms with Crippen LogP contribution in [0.25, 0.3) is 0 Å². The lowest BCUT2D eigenvalue weighted by Gasteiger charge is -2.35. The molecule has 3 heteroatoms. The summed E-state index contributed by atoms with van der Waals surface area (Å²) in [5.74, 6) is 0. The van der Waals surface area contributed by atoms with Crippen LogP contribution in [0.15, 0.2) is 103 Å². The van der Waals surface area contributed by atoms with Crippen LogP contribution in [0.5, 0.6) is 0 Å². The maximum Gasteiger partial charge on any atom is 0.179 e. The minimum absolute atomic E-state index is 0.0751. The van der Waals surface area contributed by atoms with Gasteiger partial charge in [-0.1, -0.05) is 68.4 Å². The molecule has 1 aliphatic rings. The predicted molar refractivity (Wildman–Crippen MR) is 133 cm³/mol. The Kier molecular flexibility index (Phi) is 6.72. The third-order valence-electron chi connectivity index (χ3n) is 5.90. The summed E-state index contributed by atoms with van der Waals surface area (Å²) < 4.78 is 12.1. The van der Waals surface area contributed by atoms with E-state index in [1.807, 2.05) is 0 Å². The molecule has 1 saturated heterocycles. The van der Waals surface area contributed by atoms with E-state index in [0.29, 0.717) is 0 Å². The summed E-state index contributed by atoms with van der Waals surface area (Å²) in [5.41, 5.74) is 1.23. The van der Waals surface area contributed by atoms with Crippen molar-refractivity contribution in [1.29, 1.82) is 0 Å². The SMILES string of the molecule is C/C(=C/C[P+](c1ccccc1)(c1ccccc1)c1ccccc1)C1OCC(C)(C)CO1. The molecule has 1 fully saturated rings. The van der Waals surface area contributed by atoms with E-state index in [1.54, 1.807) is 0 Å². The minimum atomic E-state index is -1.87. The molecule has 0 unspecified atom stereocenters. The van der Waals surface area contributed by atoms with Gasteiger partial charge in [0, 0.05) is 5.41 Å². The van der Waals surface area contributed by atoms with Crippen LogP contribution in [0.3, 0.4) is 0 Å². The van der Waals surface area contributed by atoms with E-state index in [4.69, 9.17) is 9.47 Å². The van der Waals surface area contributed by atoms with Crippen molar-refractivity contribution in [3.05, 3.63) is 103 Å². The van der Waals surface area contributed by atoms with Gasteiger partial charge in [-0.3, -0.25) is 0 Å². The average molecular weight is 432 g/mol. The topological polar surface area (TPSA) is 18.5 Å². The quantitative estimate of drug-likeness (QED) is 0.388. The van der Waals surface area contributed by atoms with Crippen LogP contribution in [-0.2, 0) is 9.47 Å². The Morgan fingerprint density at radius 2 is 1.16 bits per heavy atom. The summed E-state index contributed by atoms with van der Waals surface area (Å²) in [6.07, 6.45) is 3.03. The molecule has 1 heterocycles. The van der Waals surface area contributed by atoms with Crippen molar-refractivity contribution < 1.29 is 9.47 Å². The van der Waals surface area contributed by atoms with Gasteiger partial charge in [0.1, 0.15) is 23.2 Å². The molecule has 160 valence electrons. The summed E-state index contributed by atoms with van der Waals surface area (Å²) >= 11 is 0. The predicted octanol–water partition coefficient (Wildman–Crippen LogP) is 5.33. The fourth-order valence-electron chi connectivity index (χ4n) is 4.14. The fraction of sp³-hybridized carbons (Fsp3) is 0.286. The van der Waals surface area contributed by atoms with E-state index in [2.05, 4.69) is 118 Å². The number of rotatable bonds is 6. The zero-order valence-corrected chi connectivity index (χ0v) is 19.6. The van der Waals surface area contributed by atoms with E-state index in [9.17, 15) is 0 Å². The van der Waals surface area contributed by atoms with E-state index in [-0.39, 0.29) is 11.7 Å². The molecule has 0 spiro atoms. The molecule has 0 radical (unpaired) electrons. The zero-order chi connectivity index (χ0) is 21.7. The molecule has 0 atom stereocenters. The molecule has 4 rings (SSSR count). The largest absolute Gasteiger partial charge is 0.348 e. The summed E-state index contributed by atoms with van der Waals surface area (Å²) in [6.45, 7) is 7.94. The van der Waals surface area contributed by atoms with Gasteiger partial charge in [-0.2, -0.15) is 0 Å². The number of allylic oxidation sites excluding steroid dienone is 1. The van der Waals surface area contributed by atoms with Gasteiger partial charge in [-0.15, -0.1) is 0 Å². The highest BCUT2D eigenvalue weighted by molar-refractivity contribution is 7.95. The molecule has 0 saturated carbocycles. The van der Waals surface area contributed by atoms with Crippen LogP contribution < -0.4 is 15.9 Å². The minimum Gasteiger partial charge on any atom is -0.348 e. The Labute approximate surface area is 187 Å². The van der Waals surface area contributed by atoms with Crippen LogP contribution in [0.2, 0.25) is 0 Å². The molecule has 0 aromatic heterocycles. The number of ether oxygens (including phenoxy) is 2. The molecule has 0 N–H and O–H groups in total. The van der Waals surface area contributed by atoms with Gasteiger partial charge >= 0.3 is 0 Å². The van der Waals surface area contributed by atoms with Crippen LogP contribution in [0, 0.1) is 5.41 Å². The van der Waals surface area contributed by atoms with Crippen molar-refractivity contribution in [3.63, 3.8) is 0 Å². The molecule has 31 heavy (non-hydrogen) atoms. The average Bonchev–Trinajstić information content (AvgIpc) is 2.81. The molecule has 3 aromatic carbocycles. The highest BCUT2D eigenvalue weighted by atomic mass is 31.2. The molecular formula is C28H32O2P+. The van der Waals surface area contributed by atoms with Gasteiger partial charge in [0.05, 0.1) is 19.4 Å². The maximum atomic E-state index is 6.06. The van der Waals surface area contributed by atoms with Crippen molar-refractivity contribution in [2.24, 2.45) is 5.41 Å². The summed E-state index contributed by atoms with van der Waals surface area (Å²) in [4.78, 5) is 0. The van der Waals surface area contributed by atoms with Crippen LogP contribution in [-0.4, -0.2) is 25.7 Å². The molecule has 0 amide bonds. The number of benzene rings is 3. The van der Waals surface area contributed by atoms with E-state index < -0.39 is 7.26 Å². The summed E-state index contributed by atoms with van der Waals surface area (Å²) in [7, 11) is -1.87. The van der Waals surface area contributed by atoms with Crippen molar-refractivity contribution in [1.82, 2.24) is 0 Å².